The zero-order chi connectivity index (χ0) is 11.4. The fraction of sp³-hybridized carbons (Fsp3) is 0.231. The van der Waals surface area contributed by atoms with Crippen molar-refractivity contribution in [2.45, 2.75) is 13.3 Å². The summed E-state index contributed by atoms with van der Waals surface area (Å²) in [5, 5.41) is 3.01. The van der Waals surface area contributed by atoms with Gasteiger partial charge in [0.2, 0.25) is 0 Å². The van der Waals surface area contributed by atoms with Crippen LogP contribution in [0.1, 0.15) is 17.0 Å². The molecule has 3 heteroatoms. The Kier molecular flexibility index (Phi) is 3.15. The van der Waals surface area contributed by atoms with E-state index in [2.05, 4.69) is 46.5 Å². The molecule has 3 nitrogen and oxygen atoms in total. The van der Waals surface area contributed by atoms with Gasteiger partial charge in [-0.3, -0.25) is 0 Å². The number of anilines is 1. The first-order chi connectivity index (χ1) is 7.78. The molecule has 0 atom stereocenters. The van der Waals surface area contributed by atoms with Crippen LogP contribution in [0.4, 0.5) is 5.82 Å². The summed E-state index contributed by atoms with van der Waals surface area (Å²) in [4.78, 5) is 8.66. The van der Waals surface area contributed by atoms with Crippen LogP contribution in [-0.2, 0) is 6.42 Å². The summed E-state index contributed by atoms with van der Waals surface area (Å²) >= 11 is 0. The molecule has 0 aliphatic rings. The van der Waals surface area contributed by atoms with Crippen LogP contribution in [0, 0.1) is 6.92 Å². The molecule has 2 aromatic rings. The van der Waals surface area contributed by atoms with Crippen molar-refractivity contribution < 1.29 is 0 Å². The third-order valence-electron chi connectivity index (χ3n) is 2.41. The van der Waals surface area contributed by atoms with Crippen LogP contribution in [0.3, 0.4) is 0 Å². The number of nitrogens with zero attached hydrogens (tertiary/aromatic N) is 2. The molecule has 0 radical (unpaired) electrons. The third kappa shape index (κ3) is 2.57. The van der Waals surface area contributed by atoms with E-state index in [1.165, 1.54) is 11.1 Å². The molecule has 16 heavy (non-hydrogen) atoms. The Morgan fingerprint density at radius 3 is 2.88 bits per heavy atom. The Balaban J connectivity index is 2.20. The van der Waals surface area contributed by atoms with E-state index in [4.69, 9.17) is 0 Å². The number of aryl methyl sites for hydroxylation is 1. The van der Waals surface area contributed by atoms with Gasteiger partial charge in [0, 0.05) is 19.7 Å². The lowest BCUT2D eigenvalue weighted by Gasteiger charge is -2.03. The van der Waals surface area contributed by atoms with Gasteiger partial charge in [-0.2, -0.15) is 0 Å². The summed E-state index contributed by atoms with van der Waals surface area (Å²) < 4.78 is 0. The molecule has 1 aromatic heterocycles. The van der Waals surface area contributed by atoms with Crippen LogP contribution in [-0.4, -0.2) is 17.0 Å². The number of nitrogens with one attached hydrogen (secondary N) is 1. The van der Waals surface area contributed by atoms with Crippen molar-refractivity contribution in [3.05, 3.63) is 53.5 Å². The first-order valence-electron chi connectivity index (χ1n) is 5.33. The topological polar surface area (TPSA) is 37.8 Å². The van der Waals surface area contributed by atoms with Gasteiger partial charge in [-0.05, 0) is 18.6 Å². The maximum atomic E-state index is 4.39. The van der Waals surface area contributed by atoms with Gasteiger partial charge in [-0.25, -0.2) is 9.97 Å². The Morgan fingerprint density at radius 1 is 1.25 bits per heavy atom. The third-order valence-corrected chi connectivity index (χ3v) is 2.41. The van der Waals surface area contributed by atoms with Crippen LogP contribution >= 0.6 is 0 Å². The monoisotopic (exact) mass is 213 g/mol. The van der Waals surface area contributed by atoms with E-state index in [-0.39, 0.29) is 0 Å². The van der Waals surface area contributed by atoms with Crippen molar-refractivity contribution in [1.29, 1.82) is 0 Å². The van der Waals surface area contributed by atoms with E-state index in [0.29, 0.717) is 0 Å². The highest BCUT2D eigenvalue weighted by Crippen LogP contribution is 2.09. The largest absolute Gasteiger partial charge is 0.373 e. The minimum Gasteiger partial charge on any atom is -0.373 e. The van der Waals surface area contributed by atoms with E-state index in [9.17, 15) is 0 Å². The Bertz CT molecular complexity index is 480. The van der Waals surface area contributed by atoms with Crippen molar-refractivity contribution >= 4 is 5.82 Å². The molecule has 0 saturated carbocycles. The van der Waals surface area contributed by atoms with Gasteiger partial charge in [0.05, 0.1) is 0 Å². The van der Waals surface area contributed by atoms with Gasteiger partial charge in [0.1, 0.15) is 11.6 Å². The molecule has 0 spiro atoms. The first kappa shape index (κ1) is 10.6. The minimum absolute atomic E-state index is 0.775. The van der Waals surface area contributed by atoms with E-state index >= 15 is 0 Å². The Morgan fingerprint density at radius 2 is 2.12 bits per heavy atom. The maximum absolute atomic E-state index is 4.39. The maximum Gasteiger partial charge on any atom is 0.135 e. The van der Waals surface area contributed by atoms with E-state index in [0.717, 1.165) is 18.1 Å². The highest BCUT2D eigenvalue weighted by molar-refractivity contribution is 5.33. The Hall–Kier alpha value is -1.90. The summed E-state index contributed by atoms with van der Waals surface area (Å²) in [6.07, 6.45) is 2.56. The average molecular weight is 213 g/mol. The second kappa shape index (κ2) is 4.75. The molecule has 0 aliphatic carbocycles. The van der Waals surface area contributed by atoms with Gasteiger partial charge in [0.15, 0.2) is 0 Å². The lowest BCUT2D eigenvalue weighted by atomic mass is 10.1. The summed E-state index contributed by atoms with van der Waals surface area (Å²) in [5.41, 5.74) is 2.51. The van der Waals surface area contributed by atoms with Gasteiger partial charge < -0.3 is 5.32 Å². The molecule has 0 bridgehead atoms. The molecule has 1 heterocycles. The molecular formula is C13H15N3. The number of hydrogen-bond acceptors (Lipinski definition) is 3. The molecule has 0 fully saturated rings. The van der Waals surface area contributed by atoms with Crippen molar-refractivity contribution in [1.82, 2.24) is 9.97 Å². The zero-order valence-electron chi connectivity index (χ0n) is 9.57. The molecule has 0 aliphatic heterocycles. The molecule has 0 amide bonds. The molecule has 1 N–H and O–H groups in total. The van der Waals surface area contributed by atoms with Crippen molar-refractivity contribution in [2.24, 2.45) is 0 Å². The van der Waals surface area contributed by atoms with Crippen LogP contribution in [0.25, 0.3) is 0 Å². The summed E-state index contributed by atoms with van der Waals surface area (Å²) in [7, 11) is 1.86. The lowest BCUT2D eigenvalue weighted by molar-refractivity contribution is 0.968. The summed E-state index contributed by atoms with van der Waals surface area (Å²) in [6.45, 7) is 2.09. The highest BCUT2D eigenvalue weighted by atomic mass is 15.0. The van der Waals surface area contributed by atoms with Crippen LogP contribution in [0.2, 0.25) is 0 Å². The van der Waals surface area contributed by atoms with Crippen LogP contribution in [0.15, 0.2) is 36.5 Å². The van der Waals surface area contributed by atoms with Gasteiger partial charge in [-0.1, -0.05) is 29.8 Å². The van der Waals surface area contributed by atoms with Gasteiger partial charge in [0.25, 0.3) is 0 Å². The summed E-state index contributed by atoms with van der Waals surface area (Å²) in [6, 6.07) is 10.3. The molecule has 0 saturated heterocycles. The predicted octanol–water partition coefficient (Wildman–Crippen LogP) is 2.42. The second-order valence-electron chi connectivity index (χ2n) is 3.77. The number of aromatic nitrogens is 2. The first-order valence-corrected chi connectivity index (χ1v) is 5.33. The van der Waals surface area contributed by atoms with E-state index in [1.54, 1.807) is 6.20 Å². The van der Waals surface area contributed by atoms with Gasteiger partial charge >= 0.3 is 0 Å². The van der Waals surface area contributed by atoms with Crippen molar-refractivity contribution in [3.63, 3.8) is 0 Å². The van der Waals surface area contributed by atoms with Crippen LogP contribution in [0.5, 0.6) is 0 Å². The lowest BCUT2D eigenvalue weighted by Crippen LogP contribution is -2.00. The standard InChI is InChI=1S/C13H15N3/c1-10-4-3-5-11(8-10)9-13-15-7-6-12(14-2)16-13/h3-8H,9H2,1-2H3,(H,14,15,16). The van der Waals surface area contributed by atoms with Crippen LogP contribution < -0.4 is 5.32 Å². The number of hydrogen-bond donors (Lipinski definition) is 1. The normalized spacial score (nSPS) is 10.1. The quantitative estimate of drug-likeness (QED) is 0.850. The predicted molar refractivity (Wildman–Crippen MR) is 65.6 cm³/mol. The highest BCUT2D eigenvalue weighted by Gasteiger charge is 2.00. The zero-order valence-corrected chi connectivity index (χ0v) is 9.57. The second-order valence-corrected chi connectivity index (χ2v) is 3.77. The van der Waals surface area contributed by atoms with E-state index in [1.807, 2.05) is 13.1 Å². The fourth-order valence-electron chi connectivity index (χ4n) is 1.63. The SMILES string of the molecule is CNc1ccnc(Cc2cccc(C)c2)n1. The van der Waals surface area contributed by atoms with Crippen molar-refractivity contribution in [3.8, 4) is 0 Å². The van der Waals surface area contributed by atoms with Crippen molar-refractivity contribution in [2.75, 3.05) is 12.4 Å². The summed E-state index contributed by atoms with van der Waals surface area (Å²) in [5.74, 6) is 1.70. The molecule has 1 aromatic carbocycles. The molecular weight excluding hydrogens is 198 g/mol. The number of benzene rings is 1. The van der Waals surface area contributed by atoms with E-state index < -0.39 is 0 Å². The minimum atomic E-state index is 0.775. The number of rotatable bonds is 3. The Labute approximate surface area is 95.6 Å². The molecule has 82 valence electrons. The average Bonchev–Trinajstić information content (AvgIpc) is 2.29. The van der Waals surface area contributed by atoms with Gasteiger partial charge in [-0.15, -0.1) is 0 Å². The molecule has 2 rings (SSSR count). The molecule has 0 unspecified atom stereocenters. The smallest absolute Gasteiger partial charge is 0.135 e. The fourth-order valence-corrected chi connectivity index (χ4v) is 1.63.